The molecule has 1 aromatic rings. The van der Waals surface area contributed by atoms with E-state index >= 15 is 0 Å². The van der Waals surface area contributed by atoms with Crippen molar-refractivity contribution < 1.29 is 33.5 Å². The number of hydrogen-bond donors (Lipinski definition) is 4. The third-order valence-electron chi connectivity index (χ3n) is 5.30. The average molecular weight is 477 g/mol. The minimum atomic E-state index is -1.17. The van der Waals surface area contributed by atoms with E-state index in [0.717, 1.165) is 0 Å². The summed E-state index contributed by atoms with van der Waals surface area (Å²) >= 11 is 0. The molecule has 2 heterocycles. The van der Waals surface area contributed by atoms with E-state index in [1.165, 1.54) is 30.2 Å². The van der Waals surface area contributed by atoms with Crippen molar-refractivity contribution in [3.05, 3.63) is 30.2 Å². The summed E-state index contributed by atoms with van der Waals surface area (Å²) < 4.78 is 5.13. The van der Waals surface area contributed by atoms with E-state index in [4.69, 9.17) is 9.52 Å². The van der Waals surface area contributed by atoms with Crippen LogP contribution in [0.5, 0.6) is 0 Å². The molecule has 0 radical (unpaired) electrons. The zero-order valence-corrected chi connectivity index (χ0v) is 19.6. The molecule has 0 bridgehead atoms. The fourth-order valence-electron chi connectivity index (χ4n) is 3.56. The molecule has 11 nitrogen and oxygen atoms in total. The highest BCUT2D eigenvalue weighted by molar-refractivity contribution is 5.96. The van der Waals surface area contributed by atoms with Crippen molar-refractivity contribution in [3.8, 4) is 0 Å². The summed E-state index contributed by atoms with van der Waals surface area (Å²) in [4.78, 5) is 62.4. The third-order valence-corrected chi connectivity index (χ3v) is 5.30. The van der Waals surface area contributed by atoms with Crippen molar-refractivity contribution in [3.63, 3.8) is 0 Å². The number of furan rings is 1. The van der Waals surface area contributed by atoms with Crippen molar-refractivity contribution in [2.45, 2.75) is 58.2 Å². The molecule has 11 heteroatoms. The van der Waals surface area contributed by atoms with Gasteiger partial charge in [0.1, 0.15) is 23.9 Å². The van der Waals surface area contributed by atoms with E-state index in [-0.39, 0.29) is 12.5 Å². The number of carboxylic acid groups (broad SMARTS) is 1. The molecule has 0 aromatic carbocycles. The van der Waals surface area contributed by atoms with Gasteiger partial charge in [0.05, 0.1) is 12.8 Å². The summed E-state index contributed by atoms with van der Waals surface area (Å²) in [5.41, 5.74) is 0. The topological polar surface area (TPSA) is 158 Å². The first-order valence-electron chi connectivity index (χ1n) is 11.2. The Morgan fingerprint density at radius 2 is 1.94 bits per heavy atom. The van der Waals surface area contributed by atoms with Crippen LogP contribution in [0.3, 0.4) is 0 Å². The van der Waals surface area contributed by atoms with Gasteiger partial charge in [0.15, 0.2) is 0 Å². The number of rotatable bonds is 11. The molecule has 1 saturated heterocycles. The molecule has 186 valence electrons. The third kappa shape index (κ3) is 8.05. The van der Waals surface area contributed by atoms with Crippen molar-refractivity contribution in [2.75, 3.05) is 13.1 Å². The first kappa shape index (κ1) is 26.6. The zero-order valence-electron chi connectivity index (χ0n) is 19.6. The maximum Gasteiger partial charge on any atom is 0.325 e. The lowest BCUT2D eigenvalue weighted by molar-refractivity contribution is -0.143. The second-order valence-electron chi connectivity index (χ2n) is 8.57. The molecule has 1 aromatic heterocycles. The number of hydrogen-bond acceptors (Lipinski definition) is 6. The largest absolute Gasteiger partial charge is 0.480 e. The lowest BCUT2D eigenvalue weighted by atomic mass is 10.0. The van der Waals surface area contributed by atoms with Crippen LogP contribution in [0.25, 0.3) is 6.08 Å². The summed E-state index contributed by atoms with van der Waals surface area (Å²) in [6.07, 6.45) is 5.58. The summed E-state index contributed by atoms with van der Waals surface area (Å²) in [5, 5.41) is 16.5. The normalized spacial score (nSPS) is 17.4. The number of nitrogens with one attached hydrogen (secondary N) is 3. The van der Waals surface area contributed by atoms with Gasteiger partial charge in [-0.05, 0) is 50.3 Å². The van der Waals surface area contributed by atoms with Crippen LogP contribution in [0.2, 0.25) is 0 Å². The van der Waals surface area contributed by atoms with Gasteiger partial charge < -0.3 is 30.4 Å². The summed E-state index contributed by atoms with van der Waals surface area (Å²) in [6.45, 7) is 5.14. The van der Waals surface area contributed by atoms with Crippen LogP contribution in [0.15, 0.2) is 28.9 Å². The van der Waals surface area contributed by atoms with Crippen molar-refractivity contribution in [2.24, 2.45) is 5.92 Å². The van der Waals surface area contributed by atoms with E-state index in [2.05, 4.69) is 16.0 Å². The standard InChI is InChI=1S/C23H32N4O7/c1-14(2)12-17(26-19(28)9-8-16-6-5-11-34-16)21(30)24-13-20(29)27-10-4-7-18(27)22(31)25-15(3)23(32)33/h5-6,8-9,11,14-15,17-18H,4,7,10,12-13H2,1-3H3,(H,24,30)(H,25,31)(H,26,28)(H,32,33)/b9-8+/t15-,17-,18+/m1/s1. The summed E-state index contributed by atoms with van der Waals surface area (Å²) in [7, 11) is 0. The van der Waals surface area contributed by atoms with E-state index in [1.54, 1.807) is 12.1 Å². The lowest BCUT2D eigenvalue weighted by Crippen LogP contribution is -2.53. The maximum absolute atomic E-state index is 12.7. The van der Waals surface area contributed by atoms with Gasteiger partial charge in [-0.25, -0.2) is 0 Å². The van der Waals surface area contributed by atoms with Crippen molar-refractivity contribution >= 4 is 35.7 Å². The number of carbonyl (C=O) groups is 5. The minimum Gasteiger partial charge on any atom is -0.480 e. The van der Waals surface area contributed by atoms with Gasteiger partial charge in [0, 0.05) is 12.6 Å². The highest BCUT2D eigenvalue weighted by Gasteiger charge is 2.35. The van der Waals surface area contributed by atoms with E-state index in [9.17, 15) is 24.0 Å². The minimum absolute atomic E-state index is 0.101. The molecule has 3 atom stereocenters. The second-order valence-corrected chi connectivity index (χ2v) is 8.57. The van der Waals surface area contributed by atoms with Crippen LogP contribution >= 0.6 is 0 Å². The predicted molar refractivity (Wildman–Crippen MR) is 122 cm³/mol. The molecule has 4 N–H and O–H groups in total. The number of aliphatic carboxylic acids is 1. The smallest absolute Gasteiger partial charge is 0.325 e. The molecule has 0 aliphatic carbocycles. The highest BCUT2D eigenvalue weighted by atomic mass is 16.4. The first-order valence-corrected chi connectivity index (χ1v) is 11.2. The van der Waals surface area contributed by atoms with E-state index in [1.807, 2.05) is 13.8 Å². The number of amides is 4. The Balaban J connectivity index is 1.93. The molecule has 0 unspecified atom stereocenters. The molecule has 0 saturated carbocycles. The Labute approximate surface area is 197 Å². The second kappa shape index (κ2) is 12.6. The molecule has 1 fully saturated rings. The van der Waals surface area contributed by atoms with Crippen molar-refractivity contribution in [1.82, 2.24) is 20.9 Å². The van der Waals surface area contributed by atoms with Crippen molar-refractivity contribution in [1.29, 1.82) is 0 Å². The fourth-order valence-corrected chi connectivity index (χ4v) is 3.56. The van der Waals surface area contributed by atoms with Gasteiger partial charge in [-0.3, -0.25) is 24.0 Å². The summed E-state index contributed by atoms with van der Waals surface area (Å²) in [5.74, 6) is -2.57. The van der Waals surface area contributed by atoms with Gasteiger partial charge in [0.2, 0.25) is 23.6 Å². The summed E-state index contributed by atoms with van der Waals surface area (Å²) in [6, 6.07) is 0.652. The molecular weight excluding hydrogens is 444 g/mol. The molecule has 1 aliphatic heterocycles. The van der Waals surface area contributed by atoms with Gasteiger partial charge >= 0.3 is 5.97 Å². The Kier molecular flexibility index (Phi) is 9.84. The van der Waals surface area contributed by atoms with Gasteiger partial charge in [-0.2, -0.15) is 0 Å². The van der Waals surface area contributed by atoms with Crippen LogP contribution in [-0.2, 0) is 24.0 Å². The zero-order chi connectivity index (χ0) is 25.3. The lowest BCUT2D eigenvalue weighted by Gasteiger charge is -2.25. The first-order chi connectivity index (χ1) is 16.1. The van der Waals surface area contributed by atoms with Crippen LogP contribution in [0, 0.1) is 5.92 Å². The Hall–Kier alpha value is -3.63. The van der Waals surface area contributed by atoms with E-state index < -0.39 is 47.7 Å². The van der Waals surface area contributed by atoms with Crippen LogP contribution < -0.4 is 16.0 Å². The van der Waals surface area contributed by atoms with Gasteiger partial charge in [0.25, 0.3) is 0 Å². The molecule has 2 rings (SSSR count). The van der Waals surface area contributed by atoms with E-state index in [0.29, 0.717) is 31.6 Å². The maximum atomic E-state index is 12.7. The number of likely N-dealkylation sites (tertiary alicyclic amines) is 1. The highest BCUT2D eigenvalue weighted by Crippen LogP contribution is 2.17. The number of nitrogens with zero attached hydrogens (tertiary/aromatic N) is 1. The number of carboxylic acids is 1. The SMILES string of the molecule is CC(C)C[C@@H](NC(=O)/C=C/c1ccco1)C(=O)NCC(=O)N1CCC[C@H]1C(=O)N[C@H](C)C(=O)O. The average Bonchev–Trinajstić information content (AvgIpc) is 3.47. The molecule has 34 heavy (non-hydrogen) atoms. The Morgan fingerprint density at radius 1 is 1.21 bits per heavy atom. The number of carbonyl (C=O) groups excluding carboxylic acids is 4. The molecule has 4 amide bonds. The van der Waals surface area contributed by atoms with Gasteiger partial charge in [-0.1, -0.05) is 13.8 Å². The fraction of sp³-hybridized carbons (Fsp3) is 0.522. The predicted octanol–water partition coefficient (Wildman–Crippen LogP) is 0.520. The van der Waals surface area contributed by atoms with Gasteiger partial charge in [-0.15, -0.1) is 0 Å². The molecular formula is C23H32N4O7. The van der Waals surface area contributed by atoms with Crippen LogP contribution in [0.1, 0.15) is 45.8 Å². The molecule has 0 spiro atoms. The van der Waals surface area contributed by atoms with Crippen LogP contribution in [-0.4, -0.2) is 70.8 Å². The van der Waals surface area contributed by atoms with Crippen LogP contribution in [0.4, 0.5) is 0 Å². The Morgan fingerprint density at radius 3 is 2.56 bits per heavy atom. The molecule has 1 aliphatic rings. The monoisotopic (exact) mass is 476 g/mol. The Bertz CT molecular complexity index is 910. The quantitative estimate of drug-likeness (QED) is 0.339.